The smallest absolute Gasteiger partial charge is 0.498 e. The van der Waals surface area contributed by atoms with Gasteiger partial charge in [-0.25, -0.2) is 18.7 Å². The van der Waals surface area contributed by atoms with Gasteiger partial charge in [0.2, 0.25) is 22.6 Å². The molecule has 0 atom stereocenters. The SMILES string of the molecule is CC1(C)CC(n2nnc3cc(-c4cc5c(cc4O)/C(=N/O)CC5)nnc32)CC(C)(C)N1.CC1(C)CC(n2nnc3cc(Cl)nnc32)CC(C)(C)N1.COc1cc2c(cc1-c1cc3nnn(C4CC(C)(C)NC(C)(C)C4)c3nn1)CC/C2=N\O.COc1cc2c(cc1-c1cc3nnn(C4CC(C)(C)NC(C)(C)C4)c3nn1)CCC2=O.COc1cc2c(cc1B1OC(C)(C)C(C)(C)O1)CCC2=O. The molecular formula is C97H124BClN26O10. The first-order valence-corrected chi connectivity index (χ1v) is 46.9. The number of carbonyl (C=O) groups excluding carboxylic acids is 2. The summed E-state index contributed by atoms with van der Waals surface area (Å²) >= 11 is 5.84. The molecule has 5 aliphatic heterocycles. The van der Waals surface area contributed by atoms with Gasteiger partial charge in [-0.3, -0.25) is 9.59 Å². The van der Waals surface area contributed by atoms with Gasteiger partial charge in [0.15, 0.2) is 16.7 Å². The van der Waals surface area contributed by atoms with E-state index in [4.69, 9.17) is 40.3 Å². The Kier molecular flexibility index (Phi) is 24.8. The highest BCUT2D eigenvalue weighted by atomic mass is 35.5. The van der Waals surface area contributed by atoms with Crippen molar-refractivity contribution >= 4 is 91.8 Å². The number of aryl methyl sites for hydroxylation is 4. The fraction of sp³-hybridized carbons (Fsp3) is 0.546. The van der Waals surface area contributed by atoms with Crippen molar-refractivity contribution in [2.24, 2.45) is 10.3 Å². The van der Waals surface area contributed by atoms with Crippen LogP contribution in [0.5, 0.6) is 23.0 Å². The molecule has 4 aliphatic carbocycles. The molecule has 0 amide bonds. The molecular weight excluding hydrogens is 1740 g/mol. The third-order valence-electron chi connectivity index (χ3n) is 27.7. The van der Waals surface area contributed by atoms with Crippen molar-refractivity contribution in [1.82, 2.24) is 122 Å². The minimum Gasteiger partial charge on any atom is -0.507 e. The first-order valence-electron chi connectivity index (χ1n) is 46.5. The number of phenols is 1. The van der Waals surface area contributed by atoms with Gasteiger partial charge in [0.25, 0.3) is 0 Å². The maximum absolute atomic E-state index is 12.1. The van der Waals surface area contributed by atoms with Crippen LogP contribution >= 0.6 is 11.6 Å². The van der Waals surface area contributed by atoms with Crippen molar-refractivity contribution in [2.45, 2.75) is 321 Å². The van der Waals surface area contributed by atoms with E-state index >= 15 is 0 Å². The largest absolute Gasteiger partial charge is 0.507 e. The molecule has 21 rings (SSSR count). The molecule has 13 heterocycles. The molecule has 38 heteroatoms. The molecule has 7 N–H and O–H groups in total. The number of fused-ring (bicyclic) bond motifs is 8. The van der Waals surface area contributed by atoms with Gasteiger partial charge in [-0.1, -0.05) is 48.8 Å². The summed E-state index contributed by atoms with van der Waals surface area (Å²) in [7, 11) is 4.37. The highest BCUT2D eigenvalue weighted by Gasteiger charge is 2.53. The van der Waals surface area contributed by atoms with E-state index in [0.717, 1.165) is 138 Å². The molecule has 0 saturated carbocycles. The van der Waals surface area contributed by atoms with Gasteiger partial charge in [0.05, 0.1) is 85.2 Å². The molecule has 12 aromatic rings. The maximum Gasteiger partial charge on any atom is 0.498 e. The van der Waals surface area contributed by atoms with Crippen LogP contribution in [0, 0.1) is 0 Å². The lowest BCUT2D eigenvalue weighted by atomic mass is 9.77. The van der Waals surface area contributed by atoms with E-state index in [1.807, 2.05) is 107 Å². The van der Waals surface area contributed by atoms with Crippen molar-refractivity contribution < 1.29 is 48.6 Å². The van der Waals surface area contributed by atoms with Crippen LogP contribution in [0.4, 0.5) is 0 Å². The molecule has 712 valence electrons. The number of benzene rings is 4. The summed E-state index contributed by atoms with van der Waals surface area (Å²) in [6, 6.07) is 23.3. The topological polar surface area (TPSA) is 440 Å². The number of methoxy groups -OCH3 is 3. The Morgan fingerprint density at radius 3 is 0.985 bits per heavy atom. The Morgan fingerprint density at radius 1 is 0.348 bits per heavy atom. The van der Waals surface area contributed by atoms with Crippen LogP contribution in [0.25, 0.3) is 78.4 Å². The number of phenolic OH excluding ortho intramolecular Hbond substituents is 1. The third kappa shape index (κ3) is 19.5. The molecule has 5 saturated heterocycles. The molecule has 36 nitrogen and oxygen atoms in total. The molecule has 0 radical (unpaired) electrons. The number of oxime groups is 2. The Bertz CT molecular complexity index is 6630. The van der Waals surface area contributed by atoms with Crippen LogP contribution in [0.1, 0.15) is 294 Å². The minimum atomic E-state index is -0.467. The summed E-state index contributed by atoms with van der Waals surface area (Å²) in [6.07, 6.45) is 13.1. The number of Topliss-reactive ketones (excluding diaryl/α,β-unsaturated/α-hetero) is 2. The molecule has 0 bridgehead atoms. The Labute approximate surface area is 790 Å². The highest BCUT2D eigenvalue weighted by molar-refractivity contribution is 6.63. The number of aromatic nitrogens is 20. The van der Waals surface area contributed by atoms with Gasteiger partial charge in [-0.05, 0) is 311 Å². The molecule has 0 unspecified atom stereocenters. The summed E-state index contributed by atoms with van der Waals surface area (Å²) in [5.74, 6) is 2.36. The van der Waals surface area contributed by atoms with Crippen LogP contribution in [0.15, 0.2) is 83.1 Å². The number of rotatable bonds is 11. The lowest BCUT2D eigenvalue weighted by molar-refractivity contribution is 0.00578. The monoisotopic (exact) mass is 1860 g/mol. The van der Waals surface area contributed by atoms with Gasteiger partial charge in [-0.15, -0.1) is 61.2 Å². The summed E-state index contributed by atoms with van der Waals surface area (Å²) in [6.45, 7) is 43.5. The van der Waals surface area contributed by atoms with Crippen molar-refractivity contribution in [1.29, 1.82) is 0 Å². The zero-order valence-corrected chi connectivity index (χ0v) is 82.3. The lowest BCUT2D eigenvalue weighted by Gasteiger charge is -2.46. The van der Waals surface area contributed by atoms with E-state index in [-0.39, 0.29) is 85.8 Å². The number of nitrogens with one attached hydrogen (secondary N) is 4. The average Bonchev–Trinajstić information content (AvgIpc) is 1.58. The van der Waals surface area contributed by atoms with E-state index < -0.39 is 18.3 Å². The van der Waals surface area contributed by atoms with E-state index in [9.17, 15) is 19.9 Å². The Morgan fingerprint density at radius 2 is 0.637 bits per heavy atom. The molecule has 135 heavy (non-hydrogen) atoms. The van der Waals surface area contributed by atoms with Crippen molar-refractivity contribution in [2.75, 3.05) is 21.3 Å². The zero-order valence-electron chi connectivity index (χ0n) is 81.5. The van der Waals surface area contributed by atoms with Gasteiger partial charge in [0, 0.05) is 108 Å². The molecule has 5 fully saturated rings. The molecule has 4 aromatic carbocycles. The van der Waals surface area contributed by atoms with Crippen molar-refractivity contribution in [3.05, 3.63) is 122 Å². The second kappa shape index (κ2) is 35.2. The number of halogens is 1. The van der Waals surface area contributed by atoms with E-state index in [2.05, 4.69) is 224 Å². The summed E-state index contributed by atoms with van der Waals surface area (Å²) in [4.78, 5) is 23.9. The van der Waals surface area contributed by atoms with Crippen LogP contribution in [-0.4, -0.2) is 223 Å². The van der Waals surface area contributed by atoms with Gasteiger partial charge in [-0.2, -0.15) is 0 Å². The first kappa shape index (κ1) is 95.1. The molecule has 0 spiro atoms. The lowest BCUT2D eigenvalue weighted by Crippen LogP contribution is -2.58. The predicted molar refractivity (Wildman–Crippen MR) is 514 cm³/mol. The number of hydrogen-bond donors (Lipinski definition) is 7. The van der Waals surface area contributed by atoms with Gasteiger partial charge < -0.3 is 60.3 Å². The predicted octanol–water partition coefficient (Wildman–Crippen LogP) is 14.7. The van der Waals surface area contributed by atoms with Crippen LogP contribution in [-0.2, 0) is 35.0 Å². The second-order valence-electron chi connectivity index (χ2n) is 43.9. The Balaban J connectivity index is 0.000000119. The zero-order chi connectivity index (χ0) is 96.6. The summed E-state index contributed by atoms with van der Waals surface area (Å²) < 4.78 is 36.5. The van der Waals surface area contributed by atoms with Crippen molar-refractivity contribution in [3.8, 4) is 56.8 Å². The summed E-state index contributed by atoms with van der Waals surface area (Å²) in [5.41, 5.74) is 18.5. The van der Waals surface area contributed by atoms with Gasteiger partial charge in [0.1, 0.15) is 45.1 Å². The number of aromatic hydroxyl groups is 1. The quantitative estimate of drug-likeness (QED) is 0.0359. The maximum atomic E-state index is 12.1. The second-order valence-corrected chi connectivity index (χ2v) is 44.3. The minimum absolute atomic E-state index is 0.00667. The van der Waals surface area contributed by atoms with Crippen LogP contribution in [0.2, 0.25) is 5.15 Å². The summed E-state index contributed by atoms with van der Waals surface area (Å²) in [5, 5.41) is 121. The standard InChI is InChI=1S/C23H29N7O2.C23H28N6O2.C22H27N7O2.C16H21BO4.C13H19ClN6/c1-22(2)11-14(12-23(3,4)28-22)30-21-19(25-29-30)10-18(24-26-21)16-8-13-6-7-17(27-31)15(13)9-20(16)32-5;1-22(2)11-14(12-23(3,4)27-22)29-21-18(25-28-29)10-17(24-26-21)16-8-13-6-7-19(30)15(13)9-20(16)31-5;1-21(2)10-13(11-22(3,4)27-21)29-20-18(24-28-29)9-17(23-25-20)15-7-12-5-6-16(26-31)14(12)8-19(15)30;1-15(2)16(3,4)21-17(20-15)12-8-10-6-7-13(18)11(10)9-14(12)19-5;1-12(2)6-8(7-13(3,4)18-12)20-11-9(15-19-20)5-10(14)16-17-11/h8-10,14,28,31H,6-7,11-12H2,1-5H3;8-10,14,27H,6-7,11-12H2,1-5H3;7-9,13,27,30-31H,5-6,10-11H2,1-4H3;8-9H,6-7H2,1-5H3;5,8,18H,6-7H2,1-4H3/b27-17+;;26-16+;;. The highest BCUT2D eigenvalue weighted by Crippen LogP contribution is 2.46. The number of ether oxygens (including phenoxy) is 3. The average molecular weight is 1860 g/mol. The number of nitrogens with zero attached hydrogens (tertiary/aromatic N) is 22. The van der Waals surface area contributed by atoms with Crippen LogP contribution < -0.4 is 40.9 Å². The Hall–Kier alpha value is -11.6. The first-order chi connectivity index (χ1) is 63.5. The van der Waals surface area contributed by atoms with E-state index in [1.165, 1.54) is 0 Å². The molecule has 9 aliphatic rings. The van der Waals surface area contributed by atoms with Crippen LogP contribution in [0.3, 0.4) is 0 Å². The van der Waals surface area contributed by atoms with E-state index in [0.29, 0.717) is 127 Å². The molecule has 8 aromatic heterocycles. The van der Waals surface area contributed by atoms with Gasteiger partial charge >= 0.3 is 7.12 Å². The number of ketones is 2. The van der Waals surface area contributed by atoms with Crippen molar-refractivity contribution in [3.63, 3.8) is 0 Å². The third-order valence-corrected chi connectivity index (χ3v) is 27.9. The van der Waals surface area contributed by atoms with E-state index in [1.54, 1.807) is 33.5 Å². The number of piperidine rings is 4. The number of hydrogen-bond acceptors (Lipinski definition) is 32. The normalized spacial score (nSPS) is 21.4. The fourth-order valence-corrected chi connectivity index (χ4v) is 22.7. The number of carbonyl (C=O) groups is 2. The fourth-order valence-electron chi connectivity index (χ4n) is 22.6.